The second-order valence-corrected chi connectivity index (χ2v) is 8.67. The highest BCUT2D eigenvalue weighted by Gasteiger charge is 2.28. The zero-order chi connectivity index (χ0) is 17.9. The number of thiocarbonyl (C=S) groups is 1. The molecule has 0 radical (unpaired) electrons. The first-order valence-corrected chi connectivity index (χ1v) is 10.2. The summed E-state index contributed by atoms with van der Waals surface area (Å²) in [6.45, 7) is 0. The Morgan fingerprint density at radius 3 is 2.84 bits per heavy atom. The van der Waals surface area contributed by atoms with Crippen LogP contribution >= 0.6 is 23.8 Å². The lowest BCUT2D eigenvalue weighted by atomic mass is 10.2. The van der Waals surface area contributed by atoms with Gasteiger partial charge in [0.05, 0.1) is 22.7 Å². The van der Waals surface area contributed by atoms with Gasteiger partial charge in [0.2, 0.25) is 0 Å². The molecule has 6 nitrogen and oxygen atoms in total. The number of sulfone groups is 1. The maximum atomic E-state index is 11.4. The van der Waals surface area contributed by atoms with Crippen LogP contribution in [-0.4, -0.2) is 37.3 Å². The SMILES string of the molecule is O=S1(=O)CC[C@H](NC(=S)N/N=C\c2ccc(-c3ccccc3Cl)o2)C1. The first kappa shape index (κ1) is 17.9. The van der Waals surface area contributed by atoms with Crippen LogP contribution in [0, 0.1) is 0 Å². The molecule has 1 aromatic heterocycles. The van der Waals surface area contributed by atoms with Gasteiger partial charge in [-0.25, -0.2) is 8.42 Å². The number of hydrogen-bond donors (Lipinski definition) is 2. The van der Waals surface area contributed by atoms with E-state index in [1.165, 1.54) is 6.21 Å². The molecule has 0 unspecified atom stereocenters. The van der Waals surface area contributed by atoms with E-state index in [0.29, 0.717) is 23.0 Å². The molecule has 2 heterocycles. The van der Waals surface area contributed by atoms with Crippen LogP contribution in [0.25, 0.3) is 11.3 Å². The third-order valence-corrected chi connectivity index (χ3v) is 6.00. The fraction of sp³-hybridized carbons (Fsp3) is 0.250. The van der Waals surface area contributed by atoms with Crippen molar-refractivity contribution < 1.29 is 12.8 Å². The smallest absolute Gasteiger partial charge is 0.187 e. The summed E-state index contributed by atoms with van der Waals surface area (Å²) in [4.78, 5) is 0. The van der Waals surface area contributed by atoms with Gasteiger partial charge in [-0.2, -0.15) is 5.10 Å². The highest BCUT2D eigenvalue weighted by atomic mass is 35.5. The molecule has 1 atom stereocenters. The minimum atomic E-state index is -2.95. The summed E-state index contributed by atoms with van der Waals surface area (Å²) in [7, 11) is -2.95. The Bertz CT molecular complexity index is 909. The van der Waals surface area contributed by atoms with E-state index in [1.807, 2.05) is 24.3 Å². The molecule has 0 bridgehead atoms. The van der Waals surface area contributed by atoms with Crippen molar-refractivity contribution in [3.63, 3.8) is 0 Å². The molecule has 0 spiro atoms. The molecule has 2 aromatic rings. The van der Waals surface area contributed by atoms with E-state index in [1.54, 1.807) is 12.1 Å². The largest absolute Gasteiger partial charge is 0.455 e. The molecule has 1 aromatic carbocycles. The fourth-order valence-electron chi connectivity index (χ4n) is 2.51. The highest BCUT2D eigenvalue weighted by molar-refractivity contribution is 7.91. The van der Waals surface area contributed by atoms with Crippen molar-refractivity contribution in [2.24, 2.45) is 5.10 Å². The van der Waals surface area contributed by atoms with E-state index in [-0.39, 0.29) is 22.7 Å². The molecule has 1 aliphatic heterocycles. The Hall–Kier alpha value is -1.90. The van der Waals surface area contributed by atoms with Gasteiger partial charge in [-0.3, -0.25) is 5.43 Å². The fourth-order valence-corrected chi connectivity index (χ4v) is 4.63. The second kappa shape index (κ2) is 7.55. The third-order valence-electron chi connectivity index (χ3n) is 3.69. The number of nitrogens with zero attached hydrogens (tertiary/aromatic N) is 1. The number of hydrazone groups is 1. The van der Waals surface area contributed by atoms with Crippen molar-refractivity contribution in [1.82, 2.24) is 10.7 Å². The second-order valence-electron chi connectivity index (χ2n) is 5.63. The van der Waals surface area contributed by atoms with Crippen LogP contribution in [-0.2, 0) is 9.84 Å². The van der Waals surface area contributed by atoms with E-state index in [9.17, 15) is 8.42 Å². The van der Waals surface area contributed by atoms with Gasteiger partial charge >= 0.3 is 0 Å². The predicted octanol–water partition coefficient (Wildman–Crippen LogP) is 2.59. The van der Waals surface area contributed by atoms with Gasteiger partial charge in [-0.15, -0.1) is 0 Å². The molecule has 1 saturated heterocycles. The molecule has 0 aliphatic carbocycles. The molecule has 1 aliphatic rings. The van der Waals surface area contributed by atoms with E-state index >= 15 is 0 Å². The Balaban J connectivity index is 1.55. The molecule has 132 valence electrons. The zero-order valence-electron chi connectivity index (χ0n) is 13.1. The lowest BCUT2D eigenvalue weighted by molar-refractivity contribution is 0.574. The molecule has 0 saturated carbocycles. The zero-order valence-corrected chi connectivity index (χ0v) is 15.5. The summed E-state index contributed by atoms with van der Waals surface area (Å²) in [6.07, 6.45) is 2.03. The molecule has 2 N–H and O–H groups in total. The van der Waals surface area contributed by atoms with Crippen LogP contribution in [0.5, 0.6) is 0 Å². The standard InChI is InChI=1S/C16H16ClN3O3S2/c17-14-4-2-1-3-13(14)15-6-5-12(23-15)9-18-20-16(24)19-11-7-8-25(21,22)10-11/h1-6,9,11H,7-8,10H2,(H2,19,20,24)/b18-9-/t11-/m0/s1. The van der Waals surface area contributed by atoms with E-state index < -0.39 is 9.84 Å². The van der Waals surface area contributed by atoms with Gasteiger partial charge in [0.1, 0.15) is 11.5 Å². The summed E-state index contributed by atoms with van der Waals surface area (Å²) in [5, 5.41) is 7.81. The maximum absolute atomic E-state index is 11.4. The van der Waals surface area contributed by atoms with Gasteiger partial charge < -0.3 is 9.73 Å². The van der Waals surface area contributed by atoms with Crippen LogP contribution in [0.15, 0.2) is 45.9 Å². The van der Waals surface area contributed by atoms with Gasteiger partial charge in [0, 0.05) is 11.6 Å². The summed E-state index contributed by atoms with van der Waals surface area (Å²) >= 11 is 11.2. The van der Waals surface area contributed by atoms with Crippen molar-refractivity contribution in [2.45, 2.75) is 12.5 Å². The van der Waals surface area contributed by atoms with Crippen molar-refractivity contribution in [3.8, 4) is 11.3 Å². The van der Waals surface area contributed by atoms with Gasteiger partial charge in [-0.05, 0) is 42.9 Å². The predicted molar refractivity (Wildman–Crippen MR) is 103 cm³/mol. The topological polar surface area (TPSA) is 83.7 Å². The van der Waals surface area contributed by atoms with Crippen LogP contribution in [0.4, 0.5) is 0 Å². The molecular weight excluding hydrogens is 382 g/mol. The summed E-state index contributed by atoms with van der Waals surface area (Å²) in [6, 6.07) is 10.8. The lowest BCUT2D eigenvalue weighted by Gasteiger charge is -2.11. The number of nitrogens with one attached hydrogen (secondary N) is 2. The average molecular weight is 398 g/mol. The summed E-state index contributed by atoms with van der Waals surface area (Å²) in [5.41, 5.74) is 3.46. The number of halogens is 1. The van der Waals surface area contributed by atoms with Crippen molar-refractivity contribution in [2.75, 3.05) is 11.5 Å². The third kappa shape index (κ3) is 4.81. The quantitative estimate of drug-likeness (QED) is 0.468. The van der Waals surface area contributed by atoms with E-state index in [2.05, 4.69) is 15.8 Å². The molecule has 0 amide bonds. The highest BCUT2D eigenvalue weighted by Crippen LogP contribution is 2.28. The number of benzene rings is 1. The Labute approximate surface area is 156 Å². The Morgan fingerprint density at radius 2 is 2.12 bits per heavy atom. The molecule has 3 rings (SSSR count). The molecular formula is C16H16ClN3O3S2. The maximum Gasteiger partial charge on any atom is 0.187 e. The molecule has 9 heteroatoms. The van der Waals surface area contributed by atoms with E-state index in [4.69, 9.17) is 28.2 Å². The molecule has 25 heavy (non-hydrogen) atoms. The Morgan fingerprint density at radius 1 is 1.32 bits per heavy atom. The van der Waals surface area contributed by atoms with Crippen LogP contribution in [0.2, 0.25) is 5.02 Å². The van der Waals surface area contributed by atoms with Crippen LogP contribution in [0.1, 0.15) is 12.2 Å². The van der Waals surface area contributed by atoms with Crippen molar-refractivity contribution in [3.05, 3.63) is 47.2 Å². The van der Waals surface area contributed by atoms with Crippen LogP contribution < -0.4 is 10.7 Å². The first-order valence-electron chi connectivity index (χ1n) is 7.58. The summed E-state index contributed by atoms with van der Waals surface area (Å²) in [5.74, 6) is 1.46. The lowest BCUT2D eigenvalue weighted by Crippen LogP contribution is -2.40. The van der Waals surface area contributed by atoms with Crippen molar-refractivity contribution in [1.29, 1.82) is 0 Å². The first-order chi connectivity index (χ1) is 11.9. The Kier molecular flexibility index (Phi) is 5.41. The van der Waals surface area contributed by atoms with Gasteiger partial charge in [-0.1, -0.05) is 23.7 Å². The minimum Gasteiger partial charge on any atom is -0.455 e. The van der Waals surface area contributed by atoms with Gasteiger partial charge in [0.15, 0.2) is 14.9 Å². The number of hydrogen-bond acceptors (Lipinski definition) is 5. The molecule has 1 fully saturated rings. The van der Waals surface area contributed by atoms with E-state index in [0.717, 1.165) is 5.56 Å². The minimum absolute atomic E-state index is 0.0952. The van der Waals surface area contributed by atoms with Crippen molar-refractivity contribution >= 4 is 45.0 Å². The van der Waals surface area contributed by atoms with Gasteiger partial charge in [0.25, 0.3) is 0 Å². The number of rotatable bonds is 4. The monoisotopic (exact) mass is 397 g/mol. The number of furan rings is 1. The van der Waals surface area contributed by atoms with Crippen LogP contribution in [0.3, 0.4) is 0 Å². The normalized spacial score (nSPS) is 19.2. The summed E-state index contributed by atoms with van der Waals surface area (Å²) < 4.78 is 28.5. The average Bonchev–Trinajstić information content (AvgIpc) is 3.14.